The molecule has 2 aromatic carbocycles. The van der Waals surface area contributed by atoms with Gasteiger partial charge in [0, 0.05) is 18.4 Å². The van der Waals surface area contributed by atoms with Crippen LogP contribution in [0.2, 0.25) is 0 Å². The number of carbonyl (C=O) groups is 3. The van der Waals surface area contributed by atoms with E-state index >= 15 is 0 Å². The maximum absolute atomic E-state index is 12.4. The minimum absolute atomic E-state index is 0.00291. The number of alkyl carbamates (subject to hydrolysis) is 1. The second-order valence-corrected chi connectivity index (χ2v) is 9.02. The average molecular weight is 451 g/mol. The van der Waals surface area contributed by atoms with Crippen molar-refractivity contribution in [2.75, 3.05) is 13.2 Å². The molecule has 3 N–H and O–H groups in total. The molecule has 4 atom stereocenters. The monoisotopic (exact) mass is 450 g/mol. The maximum Gasteiger partial charge on any atom is 0.407 e. The molecule has 0 spiro atoms. The Labute approximate surface area is 193 Å². The molecular weight excluding hydrogens is 420 g/mol. The van der Waals surface area contributed by atoms with Gasteiger partial charge in [-0.3, -0.25) is 4.79 Å². The topological polar surface area (TPSA) is 105 Å². The first-order chi connectivity index (χ1) is 15.9. The number of ether oxygens (including phenoxy) is 1. The average Bonchev–Trinajstić information content (AvgIpc) is 3.54. The number of rotatable bonds is 9. The van der Waals surface area contributed by atoms with Crippen LogP contribution in [0.25, 0.3) is 11.1 Å². The Kier molecular flexibility index (Phi) is 6.67. The molecule has 0 radical (unpaired) electrons. The van der Waals surface area contributed by atoms with Crippen LogP contribution in [0.15, 0.2) is 48.5 Å². The van der Waals surface area contributed by atoms with E-state index in [2.05, 4.69) is 34.9 Å². The summed E-state index contributed by atoms with van der Waals surface area (Å²) < 4.78 is 5.53. The maximum atomic E-state index is 12.4. The van der Waals surface area contributed by atoms with Crippen molar-refractivity contribution < 1.29 is 24.2 Å². The number of benzene rings is 2. The molecule has 0 aromatic heterocycles. The normalized spacial score (nSPS) is 20.2. The highest BCUT2D eigenvalue weighted by Crippen LogP contribution is 2.44. The highest BCUT2D eigenvalue weighted by Gasteiger charge is 2.44. The lowest BCUT2D eigenvalue weighted by atomic mass is 9.98. The zero-order valence-electron chi connectivity index (χ0n) is 18.9. The van der Waals surface area contributed by atoms with Crippen LogP contribution in [0, 0.1) is 17.8 Å². The van der Waals surface area contributed by atoms with E-state index in [4.69, 9.17) is 4.74 Å². The molecule has 0 unspecified atom stereocenters. The van der Waals surface area contributed by atoms with E-state index in [-0.39, 0.29) is 36.2 Å². The van der Waals surface area contributed by atoms with Crippen molar-refractivity contribution in [2.24, 2.45) is 17.8 Å². The minimum atomic E-state index is -1.02. The van der Waals surface area contributed by atoms with Crippen molar-refractivity contribution in [3.63, 3.8) is 0 Å². The van der Waals surface area contributed by atoms with Gasteiger partial charge in [0.1, 0.15) is 12.6 Å². The number of nitrogens with one attached hydrogen (secondary N) is 2. The lowest BCUT2D eigenvalue weighted by molar-refractivity contribution is -0.143. The number of amides is 2. The van der Waals surface area contributed by atoms with E-state index in [1.165, 1.54) is 11.1 Å². The first-order valence-corrected chi connectivity index (χ1v) is 11.5. The van der Waals surface area contributed by atoms with Gasteiger partial charge in [-0.15, -0.1) is 0 Å². The summed E-state index contributed by atoms with van der Waals surface area (Å²) in [6.45, 7) is 4.27. The third-order valence-electron chi connectivity index (χ3n) is 6.89. The molecule has 2 aliphatic carbocycles. The van der Waals surface area contributed by atoms with Crippen molar-refractivity contribution in [3.05, 3.63) is 59.7 Å². The molecule has 4 rings (SSSR count). The summed E-state index contributed by atoms with van der Waals surface area (Å²) >= 11 is 0. The Balaban J connectivity index is 1.25. The summed E-state index contributed by atoms with van der Waals surface area (Å²) in [6.07, 6.45) is 0.780. The van der Waals surface area contributed by atoms with Crippen LogP contribution in [-0.2, 0) is 14.3 Å². The van der Waals surface area contributed by atoms with E-state index in [1.807, 2.05) is 38.1 Å². The Bertz CT molecular complexity index is 1010. The van der Waals surface area contributed by atoms with Crippen LogP contribution in [0.5, 0.6) is 0 Å². The molecule has 0 aliphatic heterocycles. The standard InChI is InChI=1S/C26H30N2O5/c1-3-15(2)23(25(30)31)28-24(29)21-12-16(21)13-27-26(32)33-14-22-19-10-6-4-8-17(19)18-9-5-7-11-20(18)22/h4-11,15-16,21-23H,3,12-14H2,1-2H3,(H,27,32)(H,28,29)(H,30,31)/t15-,16+,21+,23-/m0/s1. The number of hydrogen-bond donors (Lipinski definition) is 3. The van der Waals surface area contributed by atoms with E-state index in [0.717, 1.165) is 11.1 Å². The Hall–Kier alpha value is -3.35. The molecule has 0 bridgehead atoms. The molecule has 2 aromatic rings. The van der Waals surface area contributed by atoms with Crippen LogP contribution >= 0.6 is 0 Å². The molecule has 2 amide bonds. The summed E-state index contributed by atoms with van der Waals surface area (Å²) in [7, 11) is 0. The van der Waals surface area contributed by atoms with Gasteiger partial charge in [0.25, 0.3) is 0 Å². The van der Waals surface area contributed by atoms with Crippen LogP contribution in [-0.4, -0.2) is 42.3 Å². The third kappa shape index (κ3) is 4.87. The fourth-order valence-corrected chi connectivity index (χ4v) is 4.60. The van der Waals surface area contributed by atoms with Gasteiger partial charge in [0.15, 0.2) is 0 Å². The minimum Gasteiger partial charge on any atom is -0.480 e. The van der Waals surface area contributed by atoms with Gasteiger partial charge in [-0.2, -0.15) is 0 Å². The number of fused-ring (bicyclic) bond motifs is 3. The van der Waals surface area contributed by atoms with Gasteiger partial charge < -0.3 is 20.5 Å². The highest BCUT2D eigenvalue weighted by molar-refractivity contribution is 5.87. The molecule has 1 fully saturated rings. The number of aliphatic carboxylic acids is 1. The summed E-state index contributed by atoms with van der Waals surface area (Å²) in [6, 6.07) is 15.4. The molecule has 33 heavy (non-hydrogen) atoms. The predicted octanol–water partition coefficient (Wildman–Crippen LogP) is 3.78. The summed E-state index contributed by atoms with van der Waals surface area (Å²) in [4.78, 5) is 36.1. The predicted molar refractivity (Wildman–Crippen MR) is 124 cm³/mol. The Morgan fingerprint density at radius 1 is 1.06 bits per heavy atom. The zero-order chi connectivity index (χ0) is 23.5. The number of carboxylic acid groups (broad SMARTS) is 1. The van der Waals surface area contributed by atoms with Crippen molar-refractivity contribution >= 4 is 18.0 Å². The lowest BCUT2D eigenvalue weighted by Crippen LogP contribution is -2.46. The molecule has 1 saturated carbocycles. The van der Waals surface area contributed by atoms with Crippen molar-refractivity contribution in [2.45, 2.75) is 38.6 Å². The van der Waals surface area contributed by atoms with E-state index in [0.29, 0.717) is 19.4 Å². The Morgan fingerprint density at radius 2 is 1.67 bits per heavy atom. The van der Waals surface area contributed by atoms with Gasteiger partial charge in [-0.05, 0) is 40.5 Å². The highest BCUT2D eigenvalue weighted by atomic mass is 16.5. The molecule has 0 heterocycles. The van der Waals surface area contributed by atoms with Gasteiger partial charge in [-0.25, -0.2) is 9.59 Å². The summed E-state index contributed by atoms with van der Waals surface area (Å²) in [5.41, 5.74) is 4.65. The van der Waals surface area contributed by atoms with E-state index in [1.54, 1.807) is 0 Å². The second-order valence-electron chi connectivity index (χ2n) is 9.02. The van der Waals surface area contributed by atoms with Crippen molar-refractivity contribution in [1.29, 1.82) is 0 Å². The fraction of sp³-hybridized carbons (Fsp3) is 0.423. The van der Waals surface area contributed by atoms with Crippen molar-refractivity contribution in [3.8, 4) is 11.1 Å². The van der Waals surface area contributed by atoms with Gasteiger partial charge in [0.2, 0.25) is 5.91 Å². The van der Waals surface area contributed by atoms with Crippen LogP contribution in [0.1, 0.15) is 43.7 Å². The largest absolute Gasteiger partial charge is 0.480 e. The molecule has 7 nitrogen and oxygen atoms in total. The van der Waals surface area contributed by atoms with E-state index in [9.17, 15) is 19.5 Å². The number of hydrogen-bond acceptors (Lipinski definition) is 4. The van der Waals surface area contributed by atoms with Gasteiger partial charge >= 0.3 is 12.1 Å². The fourth-order valence-electron chi connectivity index (χ4n) is 4.60. The summed E-state index contributed by atoms with van der Waals surface area (Å²) in [5.74, 6) is -1.71. The van der Waals surface area contributed by atoms with E-state index < -0.39 is 18.1 Å². The zero-order valence-corrected chi connectivity index (χ0v) is 18.9. The first kappa shape index (κ1) is 22.8. The Morgan fingerprint density at radius 3 is 2.24 bits per heavy atom. The van der Waals surface area contributed by atoms with Crippen molar-refractivity contribution in [1.82, 2.24) is 10.6 Å². The molecular formula is C26H30N2O5. The molecule has 0 saturated heterocycles. The lowest BCUT2D eigenvalue weighted by Gasteiger charge is -2.20. The molecule has 2 aliphatic rings. The van der Waals surface area contributed by atoms with Crippen LogP contribution in [0.4, 0.5) is 4.79 Å². The quantitative estimate of drug-likeness (QED) is 0.539. The molecule has 174 valence electrons. The van der Waals surface area contributed by atoms with Gasteiger partial charge in [0.05, 0.1) is 0 Å². The van der Waals surface area contributed by atoms with Crippen LogP contribution < -0.4 is 10.6 Å². The smallest absolute Gasteiger partial charge is 0.407 e. The number of carbonyl (C=O) groups excluding carboxylic acids is 2. The second kappa shape index (κ2) is 9.65. The van der Waals surface area contributed by atoms with Crippen LogP contribution in [0.3, 0.4) is 0 Å². The summed E-state index contributed by atoms with van der Waals surface area (Å²) in [5, 5.41) is 14.8. The SMILES string of the molecule is CC[C@H](C)[C@H](NC(=O)[C@@H]1C[C@@H]1CNC(=O)OCC1c2ccccc2-c2ccccc21)C(=O)O. The third-order valence-corrected chi connectivity index (χ3v) is 6.89. The van der Waals surface area contributed by atoms with Gasteiger partial charge in [-0.1, -0.05) is 68.8 Å². The first-order valence-electron chi connectivity index (χ1n) is 11.5. The molecule has 7 heteroatoms. The number of carboxylic acids is 1.